The van der Waals surface area contributed by atoms with Gasteiger partial charge < -0.3 is 0 Å². The number of aromatic nitrogens is 2. The Hall–Kier alpha value is -3.23. The van der Waals surface area contributed by atoms with Gasteiger partial charge in [0.15, 0.2) is 0 Å². The Labute approximate surface area is 180 Å². The first kappa shape index (κ1) is 20.1. The third-order valence-corrected chi connectivity index (χ3v) is 6.19. The van der Waals surface area contributed by atoms with Crippen LogP contribution in [-0.4, -0.2) is 9.55 Å². The summed E-state index contributed by atoms with van der Waals surface area (Å²) in [6.07, 6.45) is 2.64. The fourth-order valence-corrected chi connectivity index (χ4v) is 4.62. The van der Waals surface area contributed by atoms with E-state index in [0.717, 1.165) is 33.8 Å². The highest BCUT2D eigenvalue weighted by molar-refractivity contribution is 7.17. The summed E-state index contributed by atoms with van der Waals surface area (Å²) >= 11 is 1.52. The molecule has 0 amide bonds. The van der Waals surface area contributed by atoms with Gasteiger partial charge in [-0.15, -0.1) is 11.3 Å². The van der Waals surface area contributed by atoms with E-state index in [2.05, 4.69) is 37.3 Å². The monoisotopic (exact) mass is 413 g/mol. The highest BCUT2D eigenvalue weighted by Crippen LogP contribution is 2.31. The number of nitrogens with zero attached hydrogens (tertiary/aromatic N) is 3. The Morgan fingerprint density at radius 1 is 1.07 bits per heavy atom. The molecule has 0 aliphatic rings. The molecule has 2 heterocycles. The van der Waals surface area contributed by atoms with Crippen molar-refractivity contribution in [1.82, 2.24) is 9.55 Å². The predicted molar refractivity (Wildman–Crippen MR) is 123 cm³/mol. The first-order valence-corrected chi connectivity index (χ1v) is 11.1. The Bertz CT molecular complexity index is 1250. The summed E-state index contributed by atoms with van der Waals surface area (Å²) in [5, 5.41) is 11.7. The lowest BCUT2D eigenvalue weighted by Crippen LogP contribution is -2.25. The maximum absolute atomic E-state index is 13.6. The Balaban J connectivity index is 1.83. The van der Waals surface area contributed by atoms with E-state index < -0.39 is 0 Å². The summed E-state index contributed by atoms with van der Waals surface area (Å²) in [4.78, 5) is 19.2. The molecule has 0 saturated heterocycles. The normalized spacial score (nSPS) is 10.9. The molecule has 0 aliphatic heterocycles. The van der Waals surface area contributed by atoms with Crippen LogP contribution in [0.15, 0.2) is 64.8 Å². The van der Waals surface area contributed by atoms with Crippen molar-refractivity contribution in [3.05, 3.63) is 87.3 Å². The number of fused-ring (bicyclic) bond motifs is 1. The van der Waals surface area contributed by atoms with Crippen LogP contribution in [0, 0.1) is 11.3 Å². The quantitative estimate of drug-likeness (QED) is 0.372. The number of rotatable bonds is 7. The van der Waals surface area contributed by atoms with Crippen LogP contribution in [0.2, 0.25) is 0 Å². The van der Waals surface area contributed by atoms with Gasteiger partial charge in [0.2, 0.25) is 0 Å². The third kappa shape index (κ3) is 4.05. The van der Waals surface area contributed by atoms with E-state index in [-0.39, 0.29) is 5.56 Å². The lowest BCUT2D eigenvalue weighted by molar-refractivity contribution is 0.598. The zero-order valence-corrected chi connectivity index (χ0v) is 17.8. The van der Waals surface area contributed by atoms with Crippen molar-refractivity contribution in [3.63, 3.8) is 0 Å². The highest BCUT2D eigenvalue weighted by atomic mass is 32.1. The van der Waals surface area contributed by atoms with Gasteiger partial charge in [-0.2, -0.15) is 5.26 Å². The molecule has 2 aromatic heterocycles. The van der Waals surface area contributed by atoms with E-state index in [1.807, 2.05) is 35.7 Å². The molecule has 0 unspecified atom stereocenters. The van der Waals surface area contributed by atoms with Gasteiger partial charge in [0, 0.05) is 30.3 Å². The number of hydrogen-bond donors (Lipinski definition) is 0. The van der Waals surface area contributed by atoms with Crippen LogP contribution in [0.25, 0.3) is 21.3 Å². The fraction of sp³-hybridized carbons (Fsp3) is 0.240. The van der Waals surface area contributed by atoms with E-state index in [1.165, 1.54) is 16.9 Å². The number of unbranched alkanes of at least 4 members (excludes halogenated alkanes) is 1. The van der Waals surface area contributed by atoms with Crippen molar-refractivity contribution in [1.29, 1.82) is 5.26 Å². The van der Waals surface area contributed by atoms with E-state index in [1.54, 1.807) is 4.57 Å². The average Bonchev–Trinajstić information content (AvgIpc) is 3.21. The second-order valence-corrected chi connectivity index (χ2v) is 8.15. The molecule has 4 aromatic rings. The number of benzene rings is 2. The SMILES string of the molecule is CCc1ccc(-c2csc3nc(Cc4ccccc4)n(CCCC#N)c(=O)c23)cc1. The summed E-state index contributed by atoms with van der Waals surface area (Å²) < 4.78 is 1.77. The molecule has 0 N–H and O–H groups in total. The van der Waals surface area contributed by atoms with Crippen molar-refractivity contribution in [2.75, 3.05) is 0 Å². The standard InChI is InChI=1S/C25H23N3OS/c1-2-18-10-12-20(13-11-18)21-17-30-24-23(21)25(29)28(15-7-6-14-26)22(27-24)16-19-8-4-3-5-9-19/h3-5,8-13,17H,2,6-7,15-16H2,1H3. The predicted octanol–water partition coefficient (Wildman–Crippen LogP) is 5.58. The molecule has 0 aliphatic carbocycles. The first-order valence-electron chi connectivity index (χ1n) is 10.2. The van der Waals surface area contributed by atoms with E-state index in [4.69, 9.17) is 10.2 Å². The van der Waals surface area contributed by atoms with Gasteiger partial charge in [0.05, 0.1) is 11.5 Å². The molecule has 0 radical (unpaired) electrons. The van der Waals surface area contributed by atoms with E-state index in [9.17, 15) is 4.79 Å². The number of thiophene rings is 1. The fourth-order valence-electron chi connectivity index (χ4n) is 3.66. The van der Waals surface area contributed by atoms with Crippen molar-refractivity contribution in [3.8, 4) is 17.2 Å². The third-order valence-electron chi connectivity index (χ3n) is 5.32. The van der Waals surface area contributed by atoms with Crippen LogP contribution in [-0.2, 0) is 19.4 Å². The molecule has 0 spiro atoms. The smallest absolute Gasteiger partial charge is 0.262 e. The van der Waals surface area contributed by atoms with Gasteiger partial charge in [-0.1, -0.05) is 61.5 Å². The Kier molecular flexibility index (Phi) is 6.06. The molecule has 0 fully saturated rings. The second kappa shape index (κ2) is 9.06. The summed E-state index contributed by atoms with van der Waals surface area (Å²) in [7, 11) is 0. The maximum atomic E-state index is 13.6. The first-order chi connectivity index (χ1) is 14.7. The zero-order valence-electron chi connectivity index (χ0n) is 17.0. The Morgan fingerprint density at radius 2 is 1.83 bits per heavy atom. The minimum absolute atomic E-state index is 0.0142. The summed E-state index contributed by atoms with van der Waals surface area (Å²) in [6.45, 7) is 2.63. The molecular formula is C25H23N3OS. The molecule has 30 heavy (non-hydrogen) atoms. The van der Waals surface area contributed by atoms with Crippen LogP contribution in [0.3, 0.4) is 0 Å². The summed E-state index contributed by atoms with van der Waals surface area (Å²) in [6, 6.07) is 20.6. The maximum Gasteiger partial charge on any atom is 0.262 e. The molecule has 150 valence electrons. The molecule has 2 aromatic carbocycles. The second-order valence-electron chi connectivity index (χ2n) is 7.29. The molecule has 4 rings (SSSR count). The van der Waals surface area contributed by atoms with Gasteiger partial charge in [-0.3, -0.25) is 9.36 Å². The number of nitriles is 1. The minimum Gasteiger partial charge on any atom is -0.296 e. The zero-order chi connectivity index (χ0) is 20.9. The van der Waals surface area contributed by atoms with Gasteiger partial charge in [-0.05, 0) is 29.5 Å². The van der Waals surface area contributed by atoms with Gasteiger partial charge >= 0.3 is 0 Å². The van der Waals surface area contributed by atoms with Crippen molar-refractivity contribution in [2.24, 2.45) is 0 Å². The highest BCUT2D eigenvalue weighted by Gasteiger charge is 2.17. The lowest BCUT2D eigenvalue weighted by atomic mass is 10.0. The number of aryl methyl sites for hydroxylation is 1. The molecule has 4 nitrogen and oxygen atoms in total. The largest absolute Gasteiger partial charge is 0.296 e. The van der Waals surface area contributed by atoms with Crippen LogP contribution in [0.4, 0.5) is 0 Å². The summed E-state index contributed by atoms with van der Waals surface area (Å²) in [5.41, 5.74) is 4.35. The molecule has 0 saturated carbocycles. The summed E-state index contributed by atoms with van der Waals surface area (Å²) in [5.74, 6) is 0.756. The van der Waals surface area contributed by atoms with Crippen LogP contribution < -0.4 is 5.56 Å². The van der Waals surface area contributed by atoms with Crippen LogP contribution in [0.5, 0.6) is 0 Å². The van der Waals surface area contributed by atoms with Crippen LogP contribution in [0.1, 0.15) is 36.7 Å². The van der Waals surface area contributed by atoms with E-state index in [0.29, 0.717) is 31.2 Å². The Morgan fingerprint density at radius 3 is 2.53 bits per heavy atom. The van der Waals surface area contributed by atoms with Crippen molar-refractivity contribution < 1.29 is 0 Å². The molecule has 5 heteroatoms. The lowest BCUT2D eigenvalue weighted by Gasteiger charge is -2.13. The van der Waals surface area contributed by atoms with Gasteiger partial charge in [-0.25, -0.2) is 4.98 Å². The van der Waals surface area contributed by atoms with Gasteiger partial charge in [0.25, 0.3) is 5.56 Å². The topological polar surface area (TPSA) is 58.7 Å². The van der Waals surface area contributed by atoms with Crippen LogP contribution >= 0.6 is 11.3 Å². The van der Waals surface area contributed by atoms with Crippen molar-refractivity contribution in [2.45, 2.75) is 39.2 Å². The van der Waals surface area contributed by atoms with Crippen molar-refractivity contribution >= 4 is 21.6 Å². The molecule has 0 atom stereocenters. The average molecular weight is 414 g/mol. The molecule has 0 bridgehead atoms. The van der Waals surface area contributed by atoms with E-state index >= 15 is 0 Å². The minimum atomic E-state index is -0.0142. The number of hydrogen-bond acceptors (Lipinski definition) is 4. The van der Waals surface area contributed by atoms with Gasteiger partial charge in [0.1, 0.15) is 10.7 Å². The molecular weight excluding hydrogens is 390 g/mol.